The van der Waals surface area contributed by atoms with Crippen LogP contribution in [0.3, 0.4) is 0 Å². The summed E-state index contributed by atoms with van der Waals surface area (Å²) < 4.78 is 11.5. The van der Waals surface area contributed by atoms with E-state index < -0.39 is 5.60 Å². The van der Waals surface area contributed by atoms with Crippen LogP contribution in [0.1, 0.15) is 47.0 Å². The zero-order chi connectivity index (χ0) is 16.2. The van der Waals surface area contributed by atoms with Gasteiger partial charge in [0.25, 0.3) is 5.91 Å². The van der Waals surface area contributed by atoms with Gasteiger partial charge in [0.15, 0.2) is 0 Å². The zero-order valence-corrected chi connectivity index (χ0v) is 14.0. The minimum atomic E-state index is -0.719. The predicted octanol–water partition coefficient (Wildman–Crippen LogP) is 4.01. The molecule has 2 rings (SSSR count). The van der Waals surface area contributed by atoms with Crippen molar-refractivity contribution >= 4 is 11.6 Å². The number of hydrogen-bond donors (Lipinski definition) is 1. The monoisotopic (exact) mass is 305 g/mol. The first-order valence-corrected chi connectivity index (χ1v) is 8.18. The Labute approximate surface area is 133 Å². The summed E-state index contributed by atoms with van der Waals surface area (Å²) in [5.41, 5.74) is 0.0522. The average Bonchev–Trinajstić information content (AvgIpc) is 3.31. The molecule has 0 bridgehead atoms. The maximum atomic E-state index is 12.6. The van der Waals surface area contributed by atoms with E-state index in [0.717, 1.165) is 30.7 Å². The molecule has 1 aliphatic rings. The molecule has 122 valence electrons. The van der Waals surface area contributed by atoms with Gasteiger partial charge in [0, 0.05) is 12.3 Å². The van der Waals surface area contributed by atoms with Gasteiger partial charge in [-0.15, -0.1) is 0 Å². The number of hydrogen-bond acceptors (Lipinski definition) is 3. The highest BCUT2D eigenvalue weighted by molar-refractivity contribution is 5.97. The van der Waals surface area contributed by atoms with Crippen LogP contribution in [0.4, 0.5) is 5.69 Å². The quantitative estimate of drug-likeness (QED) is 0.789. The summed E-state index contributed by atoms with van der Waals surface area (Å²) in [4.78, 5) is 12.6. The van der Waals surface area contributed by atoms with Crippen molar-refractivity contribution < 1.29 is 14.3 Å². The van der Waals surface area contributed by atoms with Crippen molar-refractivity contribution in [3.8, 4) is 5.75 Å². The normalized spacial score (nSPS) is 17.1. The van der Waals surface area contributed by atoms with Crippen LogP contribution >= 0.6 is 0 Å². The summed E-state index contributed by atoms with van der Waals surface area (Å²) in [7, 11) is 0. The van der Waals surface area contributed by atoms with E-state index in [1.54, 1.807) is 0 Å². The highest BCUT2D eigenvalue weighted by Gasteiger charge is 2.48. The smallest absolute Gasteiger partial charge is 0.256 e. The Morgan fingerprint density at radius 3 is 2.45 bits per heavy atom. The van der Waals surface area contributed by atoms with Gasteiger partial charge in [-0.25, -0.2) is 0 Å². The third-order valence-corrected chi connectivity index (χ3v) is 3.90. The summed E-state index contributed by atoms with van der Waals surface area (Å²) in [5.74, 6) is 1.09. The van der Waals surface area contributed by atoms with Crippen molar-refractivity contribution in [3.63, 3.8) is 0 Å². The van der Waals surface area contributed by atoms with Gasteiger partial charge >= 0.3 is 0 Å². The van der Waals surface area contributed by atoms with Gasteiger partial charge in [0.1, 0.15) is 11.4 Å². The standard InChI is InChI=1S/C18H27NO3/c1-5-12-21-18(4,14-6-7-14)17(20)19-15-8-10-16(11-9-15)22-13(2)3/h8-11,13-14H,5-7,12H2,1-4H3,(H,19,20)/t18-/m0/s1. The zero-order valence-electron chi connectivity index (χ0n) is 14.0. The van der Waals surface area contributed by atoms with Crippen LogP contribution in [0.25, 0.3) is 0 Å². The van der Waals surface area contributed by atoms with Crippen LogP contribution in [-0.2, 0) is 9.53 Å². The van der Waals surface area contributed by atoms with Crippen molar-refractivity contribution in [2.45, 2.75) is 58.7 Å². The summed E-state index contributed by atoms with van der Waals surface area (Å²) in [5, 5.41) is 2.97. The molecule has 0 spiro atoms. The van der Waals surface area contributed by atoms with Crippen LogP contribution in [0.15, 0.2) is 24.3 Å². The second kappa shape index (κ2) is 7.14. The molecule has 0 saturated heterocycles. The summed E-state index contributed by atoms with van der Waals surface area (Å²) in [6.45, 7) is 8.55. The van der Waals surface area contributed by atoms with E-state index in [1.807, 2.05) is 45.0 Å². The second-order valence-corrected chi connectivity index (χ2v) is 6.37. The molecule has 1 aromatic rings. The minimum Gasteiger partial charge on any atom is -0.491 e. The number of nitrogens with one attached hydrogen (secondary N) is 1. The molecule has 1 atom stereocenters. The Morgan fingerprint density at radius 2 is 1.95 bits per heavy atom. The van der Waals surface area contributed by atoms with Crippen LogP contribution in [-0.4, -0.2) is 24.2 Å². The van der Waals surface area contributed by atoms with Crippen LogP contribution in [0.2, 0.25) is 0 Å². The molecular weight excluding hydrogens is 278 g/mol. The highest BCUT2D eigenvalue weighted by atomic mass is 16.5. The van der Waals surface area contributed by atoms with E-state index in [2.05, 4.69) is 12.2 Å². The van der Waals surface area contributed by atoms with E-state index in [4.69, 9.17) is 9.47 Å². The molecular formula is C18H27NO3. The Morgan fingerprint density at radius 1 is 1.32 bits per heavy atom. The maximum Gasteiger partial charge on any atom is 0.256 e. The van der Waals surface area contributed by atoms with Crippen molar-refractivity contribution in [1.29, 1.82) is 0 Å². The van der Waals surface area contributed by atoms with Crippen molar-refractivity contribution in [2.75, 3.05) is 11.9 Å². The van der Waals surface area contributed by atoms with Gasteiger partial charge in [0.05, 0.1) is 6.10 Å². The fourth-order valence-electron chi connectivity index (χ4n) is 2.46. The lowest BCUT2D eigenvalue weighted by molar-refractivity contribution is -0.142. The van der Waals surface area contributed by atoms with Gasteiger partial charge in [-0.3, -0.25) is 4.79 Å². The maximum absolute atomic E-state index is 12.6. The van der Waals surface area contributed by atoms with E-state index >= 15 is 0 Å². The van der Waals surface area contributed by atoms with E-state index in [9.17, 15) is 4.79 Å². The molecule has 0 radical (unpaired) electrons. The highest BCUT2D eigenvalue weighted by Crippen LogP contribution is 2.42. The van der Waals surface area contributed by atoms with Crippen LogP contribution in [0, 0.1) is 5.92 Å². The summed E-state index contributed by atoms with van der Waals surface area (Å²) in [6.07, 6.45) is 3.18. The molecule has 0 heterocycles. The lowest BCUT2D eigenvalue weighted by atomic mass is 9.98. The van der Waals surface area contributed by atoms with Gasteiger partial charge in [-0.1, -0.05) is 6.92 Å². The SMILES string of the molecule is CCCO[C@](C)(C(=O)Nc1ccc(OC(C)C)cc1)C1CC1. The van der Waals surface area contributed by atoms with Gasteiger partial charge < -0.3 is 14.8 Å². The number of benzene rings is 1. The molecule has 1 aromatic carbocycles. The van der Waals surface area contributed by atoms with Crippen molar-refractivity contribution in [3.05, 3.63) is 24.3 Å². The number of amides is 1. The predicted molar refractivity (Wildman–Crippen MR) is 88.2 cm³/mol. The van der Waals surface area contributed by atoms with E-state index in [-0.39, 0.29) is 12.0 Å². The Balaban J connectivity index is 2.00. The topological polar surface area (TPSA) is 47.6 Å². The Hall–Kier alpha value is -1.55. The fourth-order valence-corrected chi connectivity index (χ4v) is 2.46. The Bertz CT molecular complexity index is 494. The number of ether oxygens (including phenoxy) is 2. The molecule has 22 heavy (non-hydrogen) atoms. The molecule has 1 aliphatic carbocycles. The molecule has 1 N–H and O–H groups in total. The summed E-state index contributed by atoms with van der Waals surface area (Å²) >= 11 is 0. The fraction of sp³-hybridized carbons (Fsp3) is 0.611. The molecule has 4 nitrogen and oxygen atoms in total. The lowest BCUT2D eigenvalue weighted by Gasteiger charge is -2.28. The van der Waals surface area contributed by atoms with E-state index in [0.29, 0.717) is 12.5 Å². The van der Waals surface area contributed by atoms with Gasteiger partial charge in [-0.2, -0.15) is 0 Å². The largest absolute Gasteiger partial charge is 0.491 e. The molecule has 4 heteroatoms. The number of carbonyl (C=O) groups is 1. The number of anilines is 1. The minimum absolute atomic E-state index is 0.0547. The first-order valence-electron chi connectivity index (χ1n) is 8.18. The number of carbonyl (C=O) groups excluding carboxylic acids is 1. The number of rotatable bonds is 8. The molecule has 0 aromatic heterocycles. The summed E-state index contributed by atoms with van der Waals surface area (Å²) in [6, 6.07) is 7.47. The third kappa shape index (κ3) is 4.23. The molecule has 1 fully saturated rings. The van der Waals surface area contributed by atoms with Gasteiger partial charge in [0.2, 0.25) is 0 Å². The first-order chi connectivity index (χ1) is 10.5. The van der Waals surface area contributed by atoms with Crippen molar-refractivity contribution in [1.82, 2.24) is 0 Å². The molecule has 1 saturated carbocycles. The molecule has 0 unspecified atom stereocenters. The van der Waals surface area contributed by atoms with Gasteiger partial charge in [-0.05, 0) is 70.2 Å². The Kier molecular flexibility index (Phi) is 5.46. The van der Waals surface area contributed by atoms with Crippen LogP contribution in [0.5, 0.6) is 5.75 Å². The molecule has 0 aliphatic heterocycles. The second-order valence-electron chi connectivity index (χ2n) is 6.37. The van der Waals surface area contributed by atoms with Crippen LogP contribution < -0.4 is 10.1 Å². The average molecular weight is 305 g/mol. The third-order valence-electron chi connectivity index (χ3n) is 3.90. The first kappa shape index (κ1) is 16.8. The molecule has 1 amide bonds. The lowest BCUT2D eigenvalue weighted by Crippen LogP contribution is -2.45. The van der Waals surface area contributed by atoms with Crippen molar-refractivity contribution in [2.24, 2.45) is 5.92 Å². The van der Waals surface area contributed by atoms with E-state index in [1.165, 1.54) is 0 Å².